The zero-order valence-corrected chi connectivity index (χ0v) is 15.8. The third-order valence-electron chi connectivity index (χ3n) is 6.37. The number of benzene rings is 1. The van der Waals surface area contributed by atoms with Crippen molar-refractivity contribution in [3.8, 4) is 0 Å². The number of carbonyl (C=O) groups is 1. The van der Waals surface area contributed by atoms with Crippen molar-refractivity contribution in [3.63, 3.8) is 0 Å². The van der Waals surface area contributed by atoms with E-state index in [0.29, 0.717) is 11.6 Å². The molecule has 0 radical (unpaired) electrons. The second kappa shape index (κ2) is 7.45. The van der Waals surface area contributed by atoms with E-state index >= 15 is 0 Å². The maximum Gasteiger partial charge on any atom is 0.223 e. The molecule has 1 spiro atoms. The highest BCUT2D eigenvalue weighted by Crippen LogP contribution is 2.58. The Balaban J connectivity index is 1.30. The summed E-state index contributed by atoms with van der Waals surface area (Å²) in [6, 6.07) is 4.78. The van der Waals surface area contributed by atoms with Gasteiger partial charge in [0, 0.05) is 30.1 Å². The van der Waals surface area contributed by atoms with E-state index in [1.807, 2.05) is 0 Å². The summed E-state index contributed by atoms with van der Waals surface area (Å²) in [7, 11) is 0. The van der Waals surface area contributed by atoms with Gasteiger partial charge in [0.15, 0.2) is 0 Å². The fourth-order valence-electron chi connectivity index (χ4n) is 4.71. The van der Waals surface area contributed by atoms with Gasteiger partial charge in [-0.05, 0) is 74.8 Å². The smallest absolute Gasteiger partial charge is 0.223 e. The summed E-state index contributed by atoms with van der Waals surface area (Å²) in [6.07, 6.45) is 5.40. The normalized spacial score (nSPS) is 28.1. The molecule has 1 aromatic carbocycles. The Hall–Kier alpha value is -1.17. The number of likely N-dealkylation sites (tertiary alicyclic amines) is 1. The van der Waals surface area contributed by atoms with Crippen LogP contribution < -0.4 is 10.6 Å². The minimum absolute atomic E-state index is 0.204. The summed E-state index contributed by atoms with van der Waals surface area (Å²) in [4.78, 5) is 15.0. The Morgan fingerprint density at radius 2 is 2.19 bits per heavy atom. The molecule has 26 heavy (non-hydrogen) atoms. The van der Waals surface area contributed by atoms with Crippen molar-refractivity contribution in [2.75, 3.05) is 26.2 Å². The molecule has 1 saturated carbocycles. The first-order chi connectivity index (χ1) is 12.6. The topological polar surface area (TPSA) is 44.4 Å². The van der Waals surface area contributed by atoms with Gasteiger partial charge in [0.1, 0.15) is 5.82 Å². The maximum atomic E-state index is 13.2. The number of nitrogens with one attached hydrogen (secondary N) is 2. The van der Waals surface area contributed by atoms with Gasteiger partial charge in [0.25, 0.3) is 0 Å². The summed E-state index contributed by atoms with van der Waals surface area (Å²) in [5.74, 6) is 0.156. The number of piperidine rings is 2. The Morgan fingerprint density at radius 3 is 2.96 bits per heavy atom. The standard InChI is InChI=1S/C20H27ClFN3O/c21-18-10-15(22)4-3-14(18)12-25-9-1-2-16(13-25)24-19(26)17-11-20(17)5-7-23-8-6-20/h3-4,10,16-17,23H,1-2,5-9,11-13H2,(H,24,26). The molecule has 2 heterocycles. The van der Waals surface area contributed by atoms with Crippen LogP contribution in [0.5, 0.6) is 0 Å². The van der Waals surface area contributed by atoms with E-state index in [-0.39, 0.29) is 29.1 Å². The van der Waals surface area contributed by atoms with Crippen molar-refractivity contribution in [2.45, 2.75) is 44.7 Å². The van der Waals surface area contributed by atoms with Crippen molar-refractivity contribution in [1.29, 1.82) is 0 Å². The number of nitrogens with zero attached hydrogens (tertiary/aromatic N) is 1. The zero-order chi connectivity index (χ0) is 18.1. The predicted molar refractivity (Wildman–Crippen MR) is 100 cm³/mol. The monoisotopic (exact) mass is 379 g/mol. The maximum absolute atomic E-state index is 13.2. The number of hydrogen-bond acceptors (Lipinski definition) is 3. The second-order valence-electron chi connectivity index (χ2n) is 8.19. The molecule has 1 amide bonds. The van der Waals surface area contributed by atoms with Gasteiger partial charge in [0.2, 0.25) is 5.91 Å². The van der Waals surface area contributed by atoms with Crippen LogP contribution in [0.15, 0.2) is 18.2 Å². The quantitative estimate of drug-likeness (QED) is 0.845. The van der Waals surface area contributed by atoms with Crippen molar-refractivity contribution in [2.24, 2.45) is 11.3 Å². The summed E-state index contributed by atoms with van der Waals surface area (Å²) < 4.78 is 13.2. The molecule has 2 saturated heterocycles. The van der Waals surface area contributed by atoms with Gasteiger partial charge >= 0.3 is 0 Å². The van der Waals surface area contributed by atoms with Gasteiger partial charge < -0.3 is 10.6 Å². The molecular weight excluding hydrogens is 353 g/mol. The van der Waals surface area contributed by atoms with Crippen LogP contribution >= 0.6 is 11.6 Å². The summed E-state index contributed by atoms with van der Waals surface area (Å²) in [6.45, 7) is 4.60. The largest absolute Gasteiger partial charge is 0.352 e. The van der Waals surface area contributed by atoms with E-state index in [2.05, 4.69) is 15.5 Å². The Labute approximate surface area is 159 Å². The summed E-state index contributed by atoms with van der Waals surface area (Å²) in [5.41, 5.74) is 1.22. The molecule has 0 aromatic heterocycles. The average Bonchev–Trinajstić information content (AvgIpc) is 3.31. The van der Waals surface area contributed by atoms with Crippen molar-refractivity contribution < 1.29 is 9.18 Å². The Kier molecular flexibility index (Phi) is 5.22. The van der Waals surface area contributed by atoms with Crippen LogP contribution in [0.4, 0.5) is 4.39 Å². The van der Waals surface area contributed by atoms with Crippen LogP contribution in [0.2, 0.25) is 5.02 Å². The molecule has 6 heteroatoms. The van der Waals surface area contributed by atoms with E-state index in [1.54, 1.807) is 6.07 Å². The molecule has 142 valence electrons. The first-order valence-electron chi connectivity index (χ1n) is 9.73. The molecule has 2 N–H and O–H groups in total. The third kappa shape index (κ3) is 3.90. The SMILES string of the molecule is O=C(NC1CCCN(Cc2ccc(F)cc2Cl)C1)C1CC12CCNCC2. The van der Waals surface area contributed by atoms with Gasteiger partial charge in [-0.15, -0.1) is 0 Å². The van der Waals surface area contributed by atoms with Crippen LogP contribution in [-0.4, -0.2) is 43.0 Å². The number of rotatable bonds is 4. The highest BCUT2D eigenvalue weighted by atomic mass is 35.5. The lowest BCUT2D eigenvalue weighted by atomic mass is 9.91. The minimum Gasteiger partial charge on any atom is -0.352 e. The number of carbonyl (C=O) groups excluding carboxylic acids is 1. The predicted octanol–water partition coefficient (Wildman–Crippen LogP) is 2.95. The van der Waals surface area contributed by atoms with Gasteiger partial charge in [-0.25, -0.2) is 4.39 Å². The minimum atomic E-state index is -0.307. The summed E-state index contributed by atoms with van der Waals surface area (Å²) in [5, 5.41) is 7.16. The second-order valence-corrected chi connectivity index (χ2v) is 8.59. The molecule has 1 aromatic rings. The molecule has 3 fully saturated rings. The fraction of sp³-hybridized carbons (Fsp3) is 0.650. The van der Waals surface area contributed by atoms with E-state index < -0.39 is 0 Å². The zero-order valence-electron chi connectivity index (χ0n) is 15.1. The van der Waals surface area contributed by atoms with Crippen LogP contribution in [-0.2, 0) is 11.3 Å². The van der Waals surface area contributed by atoms with Gasteiger partial charge in [-0.2, -0.15) is 0 Å². The fourth-order valence-corrected chi connectivity index (χ4v) is 4.93. The van der Waals surface area contributed by atoms with Gasteiger partial charge in [-0.3, -0.25) is 9.69 Å². The molecule has 0 bridgehead atoms. The van der Waals surface area contributed by atoms with Crippen LogP contribution in [0.25, 0.3) is 0 Å². The lowest BCUT2D eigenvalue weighted by Crippen LogP contribution is -2.48. The number of hydrogen-bond donors (Lipinski definition) is 2. The molecule has 4 nitrogen and oxygen atoms in total. The van der Waals surface area contributed by atoms with E-state index in [4.69, 9.17) is 11.6 Å². The third-order valence-corrected chi connectivity index (χ3v) is 6.72. The first kappa shape index (κ1) is 18.2. The molecule has 1 aliphatic carbocycles. The number of amides is 1. The molecule has 3 aliphatic rings. The Morgan fingerprint density at radius 1 is 1.38 bits per heavy atom. The highest BCUT2D eigenvalue weighted by Gasteiger charge is 2.57. The highest BCUT2D eigenvalue weighted by molar-refractivity contribution is 6.31. The van der Waals surface area contributed by atoms with Crippen LogP contribution in [0.3, 0.4) is 0 Å². The van der Waals surface area contributed by atoms with E-state index in [1.165, 1.54) is 12.1 Å². The molecule has 2 aliphatic heterocycles. The van der Waals surface area contributed by atoms with Gasteiger partial charge in [0.05, 0.1) is 0 Å². The van der Waals surface area contributed by atoms with Gasteiger partial charge in [-0.1, -0.05) is 17.7 Å². The molecule has 4 rings (SSSR count). The van der Waals surface area contributed by atoms with Crippen molar-refractivity contribution >= 4 is 17.5 Å². The van der Waals surface area contributed by atoms with E-state index in [0.717, 1.165) is 63.8 Å². The summed E-state index contributed by atoms with van der Waals surface area (Å²) >= 11 is 6.16. The van der Waals surface area contributed by atoms with E-state index in [9.17, 15) is 9.18 Å². The lowest BCUT2D eigenvalue weighted by Gasteiger charge is -2.33. The number of halogens is 2. The lowest BCUT2D eigenvalue weighted by molar-refractivity contribution is -0.124. The van der Waals surface area contributed by atoms with Crippen LogP contribution in [0.1, 0.15) is 37.7 Å². The average molecular weight is 380 g/mol. The molecule has 2 atom stereocenters. The van der Waals surface area contributed by atoms with Crippen molar-refractivity contribution in [1.82, 2.24) is 15.5 Å². The van der Waals surface area contributed by atoms with Crippen LogP contribution in [0, 0.1) is 17.2 Å². The first-order valence-corrected chi connectivity index (χ1v) is 10.1. The van der Waals surface area contributed by atoms with Crippen molar-refractivity contribution in [3.05, 3.63) is 34.6 Å². The molecular formula is C20H27ClFN3O. The Bertz CT molecular complexity index is 677. The molecule has 2 unspecified atom stereocenters.